The lowest BCUT2D eigenvalue weighted by Gasteiger charge is -1.90. The number of aromatic amines is 1. The number of benzene rings is 1. The molecule has 1 heterocycles. The molecule has 1 aromatic carbocycles. The van der Waals surface area contributed by atoms with Crippen molar-refractivity contribution in [3.05, 3.63) is 40.6 Å². The van der Waals surface area contributed by atoms with Crippen LogP contribution in [0.5, 0.6) is 0 Å². The summed E-state index contributed by atoms with van der Waals surface area (Å²) >= 11 is 0. The number of carbonyl (C=O) groups is 1. The highest BCUT2D eigenvalue weighted by molar-refractivity contribution is 5.81. The minimum atomic E-state index is -0.402. The van der Waals surface area contributed by atoms with Crippen molar-refractivity contribution < 1.29 is 14.5 Å². The molecule has 0 saturated heterocycles. The van der Waals surface area contributed by atoms with E-state index in [4.69, 9.17) is 0 Å². The number of nitrogens with one attached hydrogen (secondary N) is 1. The van der Waals surface area contributed by atoms with E-state index < -0.39 is 4.92 Å². The summed E-state index contributed by atoms with van der Waals surface area (Å²) in [5, 5.41) is 11.3. The third-order valence-corrected chi connectivity index (χ3v) is 1.98. The third kappa shape index (κ3) is 3.60. The van der Waals surface area contributed by atoms with E-state index >= 15 is 0 Å². The Hall–Kier alpha value is -2.37. The molecule has 0 aliphatic heterocycles. The van der Waals surface area contributed by atoms with Crippen molar-refractivity contribution in [1.29, 1.82) is 0 Å². The first-order valence-electron chi connectivity index (χ1n) is 4.95. The largest absolute Gasteiger partial charge is 0.468 e. The van der Waals surface area contributed by atoms with E-state index in [9.17, 15) is 14.9 Å². The summed E-state index contributed by atoms with van der Waals surface area (Å²) in [6, 6.07) is 6.62. The van der Waals surface area contributed by atoms with Crippen molar-refractivity contribution in [2.24, 2.45) is 0 Å². The van der Waals surface area contributed by atoms with Crippen LogP contribution in [0.3, 0.4) is 0 Å². The quantitative estimate of drug-likeness (QED) is 0.503. The second-order valence-electron chi connectivity index (χ2n) is 3.06. The minimum absolute atomic E-state index is 0.116. The van der Waals surface area contributed by atoms with Crippen LogP contribution in [0.4, 0.5) is 5.69 Å². The van der Waals surface area contributed by atoms with Crippen molar-refractivity contribution in [3.63, 3.8) is 0 Å². The van der Waals surface area contributed by atoms with Gasteiger partial charge in [-0.15, -0.1) is 0 Å². The topological polar surface area (TPSA) is 85.2 Å². The fraction of sp³-hybridized carbons (Fsp3) is 0.182. The second kappa shape index (κ2) is 6.26. The van der Waals surface area contributed by atoms with Gasteiger partial charge in [-0.05, 0) is 24.4 Å². The van der Waals surface area contributed by atoms with Crippen LogP contribution in [0.1, 0.15) is 6.92 Å². The molecule has 6 nitrogen and oxygen atoms in total. The fourth-order valence-electron chi connectivity index (χ4n) is 1.22. The van der Waals surface area contributed by atoms with Gasteiger partial charge in [0.25, 0.3) is 12.2 Å². The van der Waals surface area contributed by atoms with Gasteiger partial charge in [0.15, 0.2) is 0 Å². The van der Waals surface area contributed by atoms with E-state index in [2.05, 4.69) is 9.72 Å². The van der Waals surface area contributed by atoms with Crippen LogP contribution in [0.2, 0.25) is 0 Å². The Morgan fingerprint density at radius 1 is 1.47 bits per heavy atom. The molecule has 0 bridgehead atoms. The number of nitrogens with zero attached hydrogens (tertiary/aromatic N) is 1. The van der Waals surface area contributed by atoms with E-state index in [0.717, 1.165) is 10.9 Å². The number of aromatic nitrogens is 1. The first kappa shape index (κ1) is 12.7. The molecule has 1 aromatic heterocycles. The van der Waals surface area contributed by atoms with Gasteiger partial charge in [-0.2, -0.15) is 0 Å². The number of rotatable bonds is 3. The van der Waals surface area contributed by atoms with E-state index in [0.29, 0.717) is 13.1 Å². The maximum absolute atomic E-state index is 10.4. The monoisotopic (exact) mass is 236 g/mol. The van der Waals surface area contributed by atoms with Crippen LogP contribution < -0.4 is 0 Å². The first-order valence-corrected chi connectivity index (χ1v) is 4.95. The molecule has 2 aromatic rings. The molecule has 1 N–H and O–H groups in total. The lowest BCUT2D eigenvalue weighted by atomic mass is 10.2. The zero-order valence-electron chi connectivity index (χ0n) is 9.25. The van der Waals surface area contributed by atoms with Crippen molar-refractivity contribution in [2.75, 3.05) is 6.61 Å². The number of hydrogen-bond donors (Lipinski definition) is 1. The van der Waals surface area contributed by atoms with Crippen LogP contribution >= 0.6 is 0 Å². The Balaban J connectivity index is 0.000000249. The number of carbonyl (C=O) groups excluding carboxylic acids is 1. The molecule has 2 rings (SSSR count). The fourth-order valence-corrected chi connectivity index (χ4v) is 1.22. The number of nitro groups is 1. The van der Waals surface area contributed by atoms with E-state index in [1.165, 1.54) is 12.1 Å². The number of fused-ring (bicyclic) bond motifs is 1. The predicted molar refractivity (Wildman–Crippen MR) is 62.6 cm³/mol. The SMILES string of the molecule is CCOC=O.O=[N+]([O-])c1ccc2cc[nH]c2c1. The number of ether oxygens (including phenoxy) is 1. The third-order valence-electron chi connectivity index (χ3n) is 1.98. The van der Waals surface area contributed by atoms with Gasteiger partial charge >= 0.3 is 0 Å². The van der Waals surface area contributed by atoms with Gasteiger partial charge in [0.2, 0.25) is 0 Å². The summed E-state index contributed by atoms with van der Waals surface area (Å²) in [5.74, 6) is 0. The van der Waals surface area contributed by atoms with Gasteiger partial charge in [0, 0.05) is 18.3 Å². The molecular formula is C11H12N2O4. The molecule has 0 radical (unpaired) electrons. The summed E-state index contributed by atoms with van der Waals surface area (Å²) < 4.78 is 4.15. The summed E-state index contributed by atoms with van der Waals surface area (Å²) in [6.45, 7) is 2.66. The number of non-ortho nitro benzene ring substituents is 1. The highest BCUT2D eigenvalue weighted by Gasteiger charge is 2.05. The van der Waals surface area contributed by atoms with Crippen molar-refractivity contribution >= 4 is 23.1 Å². The Morgan fingerprint density at radius 2 is 2.24 bits per heavy atom. The Morgan fingerprint density at radius 3 is 2.76 bits per heavy atom. The zero-order chi connectivity index (χ0) is 12.7. The van der Waals surface area contributed by atoms with Crippen LogP contribution in [-0.4, -0.2) is 23.0 Å². The Labute approximate surface area is 97.4 Å². The van der Waals surface area contributed by atoms with Gasteiger partial charge in [-0.25, -0.2) is 0 Å². The van der Waals surface area contributed by atoms with Crippen LogP contribution in [0.25, 0.3) is 10.9 Å². The molecule has 0 atom stereocenters. The average Bonchev–Trinajstić information content (AvgIpc) is 2.77. The summed E-state index contributed by atoms with van der Waals surface area (Å²) in [4.78, 5) is 22.0. The van der Waals surface area contributed by atoms with Crippen LogP contribution in [-0.2, 0) is 9.53 Å². The molecule has 0 spiro atoms. The zero-order valence-corrected chi connectivity index (χ0v) is 9.25. The minimum Gasteiger partial charge on any atom is -0.468 e. The van der Waals surface area contributed by atoms with Gasteiger partial charge in [-0.1, -0.05) is 0 Å². The van der Waals surface area contributed by atoms with Gasteiger partial charge in [0.1, 0.15) is 0 Å². The molecule has 0 fully saturated rings. The molecule has 0 amide bonds. The Bertz CT molecular complexity index is 507. The van der Waals surface area contributed by atoms with Gasteiger partial charge < -0.3 is 9.72 Å². The number of nitro benzene ring substituents is 1. The molecule has 0 aliphatic rings. The average molecular weight is 236 g/mol. The van der Waals surface area contributed by atoms with Crippen molar-refractivity contribution in [1.82, 2.24) is 4.98 Å². The standard InChI is InChI=1S/C8H6N2O2.C3H6O2/c11-10(12)7-2-1-6-3-4-9-8(6)5-7;1-2-5-3-4/h1-5,9H;3H,2H2,1H3. The molecule has 90 valence electrons. The van der Waals surface area contributed by atoms with E-state index in [1.54, 1.807) is 19.2 Å². The summed E-state index contributed by atoms with van der Waals surface area (Å²) in [7, 11) is 0. The van der Waals surface area contributed by atoms with Crippen molar-refractivity contribution in [2.45, 2.75) is 6.92 Å². The molecule has 0 aliphatic carbocycles. The van der Waals surface area contributed by atoms with E-state index in [1.807, 2.05) is 6.07 Å². The lowest BCUT2D eigenvalue weighted by molar-refractivity contribution is -0.384. The number of hydrogen-bond acceptors (Lipinski definition) is 4. The van der Waals surface area contributed by atoms with Gasteiger partial charge in [-0.3, -0.25) is 14.9 Å². The molecule has 0 unspecified atom stereocenters. The predicted octanol–water partition coefficient (Wildman–Crippen LogP) is 2.26. The molecule has 17 heavy (non-hydrogen) atoms. The van der Waals surface area contributed by atoms with Crippen molar-refractivity contribution in [3.8, 4) is 0 Å². The maximum atomic E-state index is 10.4. The van der Waals surface area contributed by atoms with E-state index in [-0.39, 0.29) is 5.69 Å². The highest BCUT2D eigenvalue weighted by atomic mass is 16.6. The second-order valence-corrected chi connectivity index (χ2v) is 3.06. The van der Waals surface area contributed by atoms with Crippen LogP contribution in [0.15, 0.2) is 30.5 Å². The van der Waals surface area contributed by atoms with Gasteiger partial charge in [0.05, 0.1) is 17.0 Å². The molecular weight excluding hydrogens is 224 g/mol. The van der Waals surface area contributed by atoms with Crippen LogP contribution in [0, 0.1) is 10.1 Å². The summed E-state index contributed by atoms with van der Waals surface area (Å²) in [5.41, 5.74) is 0.911. The molecule has 6 heteroatoms. The molecule has 0 saturated carbocycles. The summed E-state index contributed by atoms with van der Waals surface area (Å²) in [6.07, 6.45) is 1.76. The maximum Gasteiger partial charge on any atom is 0.293 e. The normalized spacial score (nSPS) is 9.24. The smallest absolute Gasteiger partial charge is 0.293 e. The highest BCUT2D eigenvalue weighted by Crippen LogP contribution is 2.18. The number of H-pyrrole nitrogens is 1. The first-order chi connectivity index (χ1) is 8.19. The lowest BCUT2D eigenvalue weighted by Crippen LogP contribution is -1.86. The Kier molecular flexibility index (Phi) is 4.68.